The Labute approximate surface area is 178 Å². The highest BCUT2D eigenvalue weighted by molar-refractivity contribution is 5.96. The number of hydrogen-bond donors (Lipinski definition) is 2. The van der Waals surface area contributed by atoms with E-state index in [-0.39, 0.29) is 42.5 Å². The Bertz CT molecular complexity index is 1190. The molecule has 8 heteroatoms. The lowest BCUT2D eigenvalue weighted by atomic mass is 10.1. The molecular formula is C23H25FN4O3. The summed E-state index contributed by atoms with van der Waals surface area (Å²) in [5, 5.41) is 0. The molecule has 3 rings (SSSR count). The number of benzene rings is 2. The van der Waals surface area contributed by atoms with Crippen molar-refractivity contribution in [3.8, 4) is 0 Å². The average molecular weight is 424 g/mol. The van der Waals surface area contributed by atoms with Crippen LogP contribution in [-0.2, 0) is 17.8 Å². The van der Waals surface area contributed by atoms with Gasteiger partial charge in [0, 0.05) is 6.54 Å². The minimum absolute atomic E-state index is 0.00197. The largest absolute Gasteiger partial charge is 0.383 e. The Morgan fingerprint density at radius 3 is 2.39 bits per heavy atom. The molecule has 0 radical (unpaired) electrons. The minimum atomic E-state index is -0.755. The van der Waals surface area contributed by atoms with E-state index in [1.807, 2.05) is 44.2 Å². The Hall–Kier alpha value is -3.68. The van der Waals surface area contributed by atoms with Crippen LogP contribution in [0, 0.1) is 11.7 Å². The molecule has 3 aromatic rings. The van der Waals surface area contributed by atoms with Crippen LogP contribution in [0.2, 0.25) is 0 Å². The number of aromatic amines is 1. The molecule has 0 aliphatic heterocycles. The second kappa shape index (κ2) is 9.42. The summed E-state index contributed by atoms with van der Waals surface area (Å²) in [5.41, 5.74) is 5.74. The van der Waals surface area contributed by atoms with Gasteiger partial charge in [-0.2, -0.15) is 0 Å². The SMILES string of the molecule is CC(C)CN(C(=O)Cc1ccccc1F)c1c(N)n(Cc2ccccc2)c(=O)[nH]c1=O. The lowest BCUT2D eigenvalue weighted by Gasteiger charge is -2.26. The first kappa shape index (κ1) is 22.0. The predicted molar refractivity (Wildman–Crippen MR) is 119 cm³/mol. The molecule has 0 aliphatic rings. The van der Waals surface area contributed by atoms with E-state index in [1.165, 1.54) is 27.7 Å². The summed E-state index contributed by atoms with van der Waals surface area (Å²) in [5.74, 6) is -1.10. The van der Waals surface area contributed by atoms with Crippen LogP contribution < -0.4 is 21.9 Å². The summed E-state index contributed by atoms with van der Waals surface area (Å²) in [6.45, 7) is 4.08. The fraction of sp³-hybridized carbons (Fsp3) is 0.261. The number of nitrogen functional groups attached to an aromatic ring is 1. The predicted octanol–water partition coefficient (Wildman–Crippen LogP) is 2.54. The minimum Gasteiger partial charge on any atom is -0.383 e. The summed E-state index contributed by atoms with van der Waals surface area (Å²) in [4.78, 5) is 41.8. The smallest absolute Gasteiger partial charge is 0.330 e. The Kier molecular flexibility index (Phi) is 6.69. The number of H-pyrrole nitrogens is 1. The number of hydrogen-bond acceptors (Lipinski definition) is 4. The van der Waals surface area contributed by atoms with E-state index in [4.69, 9.17) is 5.73 Å². The van der Waals surface area contributed by atoms with Crippen LogP contribution >= 0.6 is 0 Å². The van der Waals surface area contributed by atoms with Crippen LogP contribution in [0.15, 0.2) is 64.2 Å². The number of rotatable bonds is 7. The van der Waals surface area contributed by atoms with E-state index in [0.29, 0.717) is 0 Å². The van der Waals surface area contributed by atoms with Crippen molar-refractivity contribution in [2.75, 3.05) is 17.2 Å². The van der Waals surface area contributed by atoms with E-state index in [1.54, 1.807) is 6.07 Å². The van der Waals surface area contributed by atoms with Gasteiger partial charge in [0.25, 0.3) is 5.56 Å². The molecule has 0 fully saturated rings. The molecular weight excluding hydrogens is 399 g/mol. The van der Waals surface area contributed by atoms with Crippen LogP contribution in [0.25, 0.3) is 0 Å². The lowest BCUT2D eigenvalue weighted by molar-refractivity contribution is -0.118. The normalized spacial score (nSPS) is 11.0. The Morgan fingerprint density at radius 1 is 1.10 bits per heavy atom. The molecule has 7 nitrogen and oxygen atoms in total. The number of nitrogens with one attached hydrogen (secondary N) is 1. The van der Waals surface area contributed by atoms with Gasteiger partial charge in [-0.3, -0.25) is 19.1 Å². The molecule has 1 aromatic heterocycles. The van der Waals surface area contributed by atoms with E-state index in [0.717, 1.165) is 5.56 Å². The zero-order valence-electron chi connectivity index (χ0n) is 17.5. The number of nitrogens with zero attached hydrogens (tertiary/aromatic N) is 2. The molecule has 0 spiro atoms. The van der Waals surface area contributed by atoms with Gasteiger partial charge in [0.05, 0.1) is 13.0 Å². The van der Waals surface area contributed by atoms with Gasteiger partial charge in [-0.25, -0.2) is 9.18 Å². The van der Waals surface area contributed by atoms with Crippen LogP contribution in [0.3, 0.4) is 0 Å². The van der Waals surface area contributed by atoms with E-state index in [9.17, 15) is 18.8 Å². The Morgan fingerprint density at radius 2 is 1.74 bits per heavy atom. The zero-order valence-corrected chi connectivity index (χ0v) is 17.5. The maximum Gasteiger partial charge on any atom is 0.330 e. The van der Waals surface area contributed by atoms with Gasteiger partial charge >= 0.3 is 5.69 Å². The standard InChI is InChI=1S/C23H25FN4O3/c1-15(2)13-27(19(29)12-17-10-6-7-11-18(17)24)20-21(25)28(23(31)26-22(20)30)14-16-8-4-3-5-9-16/h3-11,15H,12-14,25H2,1-2H3,(H,26,30,31). The molecule has 31 heavy (non-hydrogen) atoms. The summed E-state index contributed by atoms with van der Waals surface area (Å²) < 4.78 is 15.3. The third-order valence-corrected chi connectivity index (χ3v) is 4.82. The van der Waals surface area contributed by atoms with Crippen LogP contribution in [0.1, 0.15) is 25.0 Å². The maximum atomic E-state index is 14.1. The summed E-state index contributed by atoms with van der Waals surface area (Å²) in [7, 11) is 0. The fourth-order valence-corrected chi connectivity index (χ4v) is 3.34. The highest BCUT2D eigenvalue weighted by atomic mass is 19.1. The van der Waals surface area contributed by atoms with Gasteiger partial charge in [-0.1, -0.05) is 62.4 Å². The molecule has 0 unspecified atom stereocenters. The van der Waals surface area contributed by atoms with Gasteiger partial charge in [0.2, 0.25) is 5.91 Å². The van der Waals surface area contributed by atoms with Crippen LogP contribution in [0.4, 0.5) is 15.9 Å². The molecule has 1 amide bonds. The number of carbonyl (C=O) groups excluding carboxylic acids is 1. The number of carbonyl (C=O) groups is 1. The first-order valence-electron chi connectivity index (χ1n) is 9.98. The van der Waals surface area contributed by atoms with Crippen LogP contribution in [0.5, 0.6) is 0 Å². The third kappa shape index (κ3) is 5.09. The van der Waals surface area contributed by atoms with Crippen molar-refractivity contribution >= 4 is 17.4 Å². The lowest BCUT2D eigenvalue weighted by Crippen LogP contribution is -2.43. The molecule has 0 bridgehead atoms. The molecule has 0 saturated heterocycles. The van der Waals surface area contributed by atoms with Crippen molar-refractivity contribution in [2.45, 2.75) is 26.8 Å². The van der Waals surface area contributed by atoms with E-state index >= 15 is 0 Å². The number of halogens is 1. The molecule has 0 atom stereocenters. The molecule has 0 aliphatic carbocycles. The molecule has 0 saturated carbocycles. The third-order valence-electron chi connectivity index (χ3n) is 4.82. The number of anilines is 2. The van der Waals surface area contributed by atoms with E-state index in [2.05, 4.69) is 4.98 Å². The van der Waals surface area contributed by atoms with Crippen molar-refractivity contribution in [3.05, 3.63) is 92.4 Å². The molecule has 162 valence electrons. The number of amides is 1. The van der Waals surface area contributed by atoms with E-state index < -0.39 is 23.0 Å². The summed E-state index contributed by atoms with van der Waals surface area (Å²) in [6, 6.07) is 15.1. The van der Waals surface area contributed by atoms with Crippen LogP contribution in [-0.4, -0.2) is 22.0 Å². The van der Waals surface area contributed by atoms with Gasteiger partial charge in [0.1, 0.15) is 11.6 Å². The zero-order chi connectivity index (χ0) is 22.5. The second-order valence-electron chi connectivity index (χ2n) is 7.73. The maximum absolute atomic E-state index is 14.1. The number of aromatic nitrogens is 2. The van der Waals surface area contributed by atoms with Gasteiger partial charge < -0.3 is 10.6 Å². The molecule has 2 aromatic carbocycles. The monoisotopic (exact) mass is 424 g/mol. The van der Waals surface area contributed by atoms with Crippen molar-refractivity contribution in [3.63, 3.8) is 0 Å². The number of nitrogens with two attached hydrogens (primary N) is 1. The molecule has 1 heterocycles. The fourth-order valence-electron chi connectivity index (χ4n) is 3.34. The topological polar surface area (TPSA) is 101 Å². The Balaban J connectivity index is 2.05. The summed E-state index contributed by atoms with van der Waals surface area (Å²) in [6.07, 6.45) is -0.240. The highest BCUT2D eigenvalue weighted by Gasteiger charge is 2.25. The average Bonchev–Trinajstić information content (AvgIpc) is 2.72. The van der Waals surface area contributed by atoms with Crippen molar-refractivity contribution in [1.29, 1.82) is 0 Å². The second-order valence-corrected chi connectivity index (χ2v) is 7.73. The van der Waals surface area contributed by atoms with Crippen molar-refractivity contribution in [1.82, 2.24) is 9.55 Å². The summed E-state index contributed by atoms with van der Waals surface area (Å²) >= 11 is 0. The van der Waals surface area contributed by atoms with Crippen molar-refractivity contribution < 1.29 is 9.18 Å². The molecule has 3 N–H and O–H groups in total. The quantitative estimate of drug-likeness (QED) is 0.609. The highest BCUT2D eigenvalue weighted by Crippen LogP contribution is 2.21. The first-order chi connectivity index (χ1) is 14.8. The van der Waals surface area contributed by atoms with Gasteiger partial charge in [0.15, 0.2) is 5.69 Å². The van der Waals surface area contributed by atoms with Gasteiger partial charge in [-0.05, 0) is 23.1 Å². The first-order valence-corrected chi connectivity index (χ1v) is 9.98. The van der Waals surface area contributed by atoms with Gasteiger partial charge in [-0.15, -0.1) is 0 Å². The van der Waals surface area contributed by atoms with Crippen molar-refractivity contribution in [2.24, 2.45) is 5.92 Å².